The number of ether oxygens (including phenoxy) is 2. The lowest BCUT2D eigenvalue weighted by Gasteiger charge is -2.12. The fraction of sp³-hybridized carbons (Fsp3) is 0.368. The van der Waals surface area contributed by atoms with Crippen LogP contribution in [0, 0.1) is 0 Å². The molecule has 1 fully saturated rings. The van der Waals surface area contributed by atoms with Crippen molar-refractivity contribution in [2.24, 2.45) is 0 Å². The van der Waals surface area contributed by atoms with Gasteiger partial charge in [0.05, 0.1) is 6.10 Å². The smallest absolute Gasteiger partial charge is 0.120 e. The minimum Gasteiger partial charge on any atom is -0.489 e. The minimum absolute atomic E-state index is 0.387. The Labute approximate surface area is 132 Å². The molecule has 1 aliphatic rings. The lowest BCUT2D eigenvalue weighted by Crippen LogP contribution is -2.25. The predicted molar refractivity (Wildman–Crippen MR) is 87.9 cm³/mol. The van der Waals surface area contributed by atoms with Crippen molar-refractivity contribution in [2.45, 2.75) is 32.1 Å². The van der Waals surface area contributed by atoms with Crippen LogP contribution in [-0.4, -0.2) is 19.3 Å². The van der Waals surface area contributed by atoms with Crippen LogP contribution in [0.3, 0.4) is 0 Å². The van der Waals surface area contributed by atoms with Crippen molar-refractivity contribution >= 4 is 0 Å². The van der Waals surface area contributed by atoms with Crippen LogP contribution in [0.15, 0.2) is 54.6 Å². The van der Waals surface area contributed by atoms with Crippen LogP contribution < -0.4 is 10.1 Å². The van der Waals surface area contributed by atoms with Gasteiger partial charge in [-0.3, -0.25) is 0 Å². The molecule has 0 amide bonds. The summed E-state index contributed by atoms with van der Waals surface area (Å²) < 4.78 is 11.5. The van der Waals surface area contributed by atoms with Crippen molar-refractivity contribution < 1.29 is 9.47 Å². The molecule has 3 rings (SSSR count). The van der Waals surface area contributed by atoms with Gasteiger partial charge in [0.2, 0.25) is 0 Å². The van der Waals surface area contributed by atoms with Crippen molar-refractivity contribution in [3.63, 3.8) is 0 Å². The molecule has 0 radical (unpaired) electrons. The third-order valence-electron chi connectivity index (χ3n) is 3.87. The van der Waals surface area contributed by atoms with Gasteiger partial charge in [0, 0.05) is 19.7 Å². The zero-order valence-electron chi connectivity index (χ0n) is 12.8. The monoisotopic (exact) mass is 297 g/mol. The Morgan fingerprint density at radius 2 is 1.91 bits per heavy atom. The molecule has 0 saturated carbocycles. The first-order chi connectivity index (χ1) is 10.9. The van der Waals surface area contributed by atoms with Gasteiger partial charge in [-0.25, -0.2) is 0 Å². The van der Waals surface area contributed by atoms with E-state index in [1.807, 2.05) is 30.3 Å². The zero-order valence-corrected chi connectivity index (χ0v) is 12.8. The van der Waals surface area contributed by atoms with Gasteiger partial charge in [0.1, 0.15) is 12.4 Å². The van der Waals surface area contributed by atoms with Gasteiger partial charge in [0.15, 0.2) is 0 Å². The summed E-state index contributed by atoms with van der Waals surface area (Å²) in [5, 5.41) is 3.46. The summed E-state index contributed by atoms with van der Waals surface area (Å²) in [5.41, 5.74) is 2.42. The Morgan fingerprint density at radius 1 is 1.05 bits per heavy atom. The Balaban J connectivity index is 1.47. The molecule has 0 unspecified atom stereocenters. The molecule has 1 atom stereocenters. The van der Waals surface area contributed by atoms with Crippen LogP contribution in [0.4, 0.5) is 0 Å². The van der Waals surface area contributed by atoms with E-state index in [2.05, 4.69) is 29.6 Å². The standard InChI is InChI=1S/C19H23NO2/c1-2-6-16(7-3-1)15-22-18-9-4-8-17(12-18)13-20-14-19-10-5-11-21-19/h1-4,6-9,12,19-20H,5,10-11,13-15H2/t19-/m0/s1. The summed E-state index contributed by atoms with van der Waals surface area (Å²) in [6, 6.07) is 18.5. The number of rotatable bonds is 7. The third kappa shape index (κ3) is 4.58. The molecule has 0 aliphatic carbocycles. The summed E-state index contributed by atoms with van der Waals surface area (Å²) in [4.78, 5) is 0. The number of hydrogen-bond donors (Lipinski definition) is 1. The maximum atomic E-state index is 5.86. The van der Waals surface area contributed by atoms with Crippen LogP contribution in [0.2, 0.25) is 0 Å². The quantitative estimate of drug-likeness (QED) is 0.848. The average molecular weight is 297 g/mol. The molecular weight excluding hydrogens is 274 g/mol. The van der Waals surface area contributed by atoms with E-state index in [9.17, 15) is 0 Å². The van der Waals surface area contributed by atoms with Crippen molar-refractivity contribution in [2.75, 3.05) is 13.2 Å². The van der Waals surface area contributed by atoms with Crippen LogP contribution in [0.25, 0.3) is 0 Å². The summed E-state index contributed by atoms with van der Waals surface area (Å²) in [6.45, 7) is 3.29. The highest BCUT2D eigenvalue weighted by Gasteiger charge is 2.14. The van der Waals surface area contributed by atoms with E-state index in [1.165, 1.54) is 24.0 Å². The van der Waals surface area contributed by atoms with Gasteiger partial charge in [-0.05, 0) is 36.1 Å². The van der Waals surface area contributed by atoms with E-state index >= 15 is 0 Å². The first kappa shape index (κ1) is 15.1. The van der Waals surface area contributed by atoms with Gasteiger partial charge in [-0.15, -0.1) is 0 Å². The molecule has 1 N–H and O–H groups in total. The number of nitrogens with one attached hydrogen (secondary N) is 1. The Hall–Kier alpha value is -1.84. The van der Waals surface area contributed by atoms with Crippen molar-refractivity contribution in [1.82, 2.24) is 5.32 Å². The van der Waals surface area contributed by atoms with E-state index < -0.39 is 0 Å². The van der Waals surface area contributed by atoms with Crippen molar-refractivity contribution in [3.8, 4) is 5.75 Å². The molecule has 1 heterocycles. The SMILES string of the molecule is c1ccc(COc2cccc(CNC[C@@H]3CCCO3)c2)cc1. The normalized spacial score (nSPS) is 17.5. The maximum Gasteiger partial charge on any atom is 0.120 e. The Bertz CT molecular complexity index is 565. The summed E-state index contributed by atoms with van der Waals surface area (Å²) >= 11 is 0. The Kier molecular flexibility index (Phi) is 5.46. The zero-order chi connectivity index (χ0) is 15.0. The fourth-order valence-corrected chi connectivity index (χ4v) is 2.67. The van der Waals surface area contributed by atoms with Crippen LogP contribution in [0.5, 0.6) is 5.75 Å². The summed E-state index contributed by atoms with van der Waals surface area (Å²) in [6.07, 6.45) is 2.75. The predicted octanol–water partition coefficient (Wildman–Crippen LogP) is 3.53. The van der Waals surface area contributed by atoms with Crippen LogP contribution in [0.1, 0.15) is 24.0 Å². The van der Waals surface area contributed by atoms with Gasteiger partial charge < -0.3 is 14.8 Å². The molecule has 22 heavy (non-hydrogen) atoms. The molecule has 3 heteroatoms. The van der Waals surface area contributed by atoms with Crippen molar-refractivity contribution in [1.29, 1.82) is 0 Å². The molecule has 0 spiro atoms. The van der Waals surface area contributed by atoms with Gasteiger partial charge in [-0.2, -0.15) is 0 Å². The van der Waals surface area contributed by atoms with Gasteiger partial charge in [0.25, 0.3) is 0 Å². The van der Waals surface area contributed by atoms with Crippen molar-refractivity contribution in [3.05, 3.63) is 65.7 Å². The molecule has 2 aromatic carbocycles. The lowest BCUT2D eigenvalue weighted by molar-refractivity contribution is 0.110. The first-order valence-electron chi connectivity index (χ1n) is 7.98. The first-order valence-corrected chi connectivity index (χ1v) is 7.98. The molecule has 116 valence electrons. The second-order valence-corrected chi connectivity index (χ2v) is 5.69. The molecule has 0 bridgehead atoms. The number of benzene rings is 2. The molecule has 2 aromatic rings. The number of hydrogen-bond acceptors (Lipinski definition) is 3. The highest BCUT2D eigenvalue weighted by Crippen LogP contribution is 2.16. The molecule has 3 nitrogen and oxygen atoms in total. The van der Waals surface area contributed by atoms with Crippen LogP contribution >= 0.6 is 0 Å². The highest BCUT2D eigenvalue weighted by atomic mass is 16.5. The van der Waals surface area contributed by atoms with E-state index in [0.29, 0.717) is 12.7 Å². The summed E-state index contributed by atoms with van der Waals surface area (Å²) in [7, 11) is 0. The van der Waals surface area contributed by atoms with E-state index in [0.717, 1.165) is 25.4 Å². The lowest BCUT2D eigenvalue weighted by atomic mass is 10.2. The third-order valence-corrected chi connectivity index (χ3v) is 3.87. The van der Waals surface area contributed by atoms with E-state index in [4.69, 9.17) is 9.47 Å². The fourth-order valence-electron chi connectivity index (χ4n) is 2.67. The highest BCUT2D eigenvalue weighted by molar-refractivity contribution is 5.29. The van der Waals surface area contributed by atoms with E-state index in [-0.39, 0.29) is 0 Å². The van der Waals surface area contributed by atoms with E-state index in [1.54, 1.807) is 0 Å². The molecule has 0 aromatic heterocycles. The molecule has 1 aliphatic heterocycles. The largest absolute Gasteiger partial charge is 0.489 e. The maximum absolute atomic E-state index is 5.86. The Morgan fingerprint density at radius 3 is 2.73 bits per heavy atom. The van der Waals surface area contributed by atoms with Gasteiger partial charge in [-0.1, -0.05) is 42.5 Å². The summed E-state index contributed by atoms with van der Waals surface area (Å²) in [5.74, 6) is 0.917. The topological polar surface area (TPSA) is 30.5 Å². The molecule has 1 saturated heterocycles. The van der Waals surface area contributed by atoms with Gasteiger partial charge >= 0.3 is 0 Å². The second-order valence-electron chi connectivity index (χ2n) is 5.69. The minimum atomic E-state index is 0.387. The van der Waals surface area contributed by atoms with Crippen LogP contribution in [-0.2, 0) is 17.9 Å². The second kappa shape index (κ2) is 7.97. The molecular formula is C19H23NO2. The average Bonchev–Trinajstić information content (AvgIpc) is 3.08.